The third kappa shape index (κ3) is 3.59. The third-order valence-corrected chi connectivity index (χ3v) is 3.43. The van der Waals surface area contributed by atoms with Crippen LogP contribution in [0.5, 0.6) is 0 Å². The van der Waals surface area contributed by atoms with Gasteiger partial charge in [0.1, 0.15) is 0 Å². The molecule has 1 aromatic heterocycles. The van der Waals surface area contributed by atoms with E-state index in [4.69, 9.17) is 16.9 Å². The van der Waals surface area contributed by atoms with Crippen LogP contribution in [-0.2, 0) is 0 Å². The van der Waals surface area contributed by atoms with Gasteiger partial charge < -0.3 is 5.32 Å². The molecule has 0 aliphatic rings. The van der Waals surface area contributed by atoms with E-state index in [1.165, 1.54) is 6.20 Å². The zero-order valence-corrected chi connectivity index (χ0v) is 12.5. The molecule has 5 heteroatoms. The minimum absolute atomic E-state index is 0.192. The average Bonchev–Trinajstić information content (AvgIpc) is 2.47. The molecule has 0 saturated heterocycles. The number of halogens is 1. The van der Waals surface area contributed by atoms with Gasteiger partial charge in [-0.2, -0.15) is 5.26 Å². The molecule has 1 aromatic carbocycles. The molecule has 0 aliphatic heterocycles. The van der Waals surface area contributed by atoms with Crippen LogP contribution in [0, 0.1) is 18.3 Å². The second-order valence-corrected chi connectivity index (χ2v) is 5.14. The smallest absolute Gasteiger partial charge is 0.254 e. The molecule has 0 bridgehead atoms. The Labute approximate surface area is 128 Å². The molecule has 106 valence electrons. The number of benzene rings is 1. The van der Waals surface area contributed by atoms with E-state index in [1.54, 1.807) is 18.2 Å². The summed E-state index contributed by atoms with van der Waals surface area (Å²) in [6, 6.07) is 10.6. The number of nitrogens with one attached hydrogen (secondary N) is 1. The van der Waals surface area contributed by atoms with E-state index < -0.39 is 0 Å². The highest BCUT2D eigenvalue weighted by molar-refractivity contribution is 6.33. The Morgan fingerprint density at radius 3 is 2.62 bits per heavy atom. The lowest BCUT2D eigenvalue weighted by Gasteiger charge is -2.15. The van der Waals surface area contributed by atoms with Crippen molar-refractivity contribution in [2.45, 2.75) is 19.9 Å². The van der Waals surface area contributed by atoms with E-state index in [-0.39, 0.29) is 11.9 Å². The summed E-state index contributed by atoms with van der Waals surface area (Å²) in [6.07, 6.45) is 1.47. The number of hydrogen-bond donors (Lipinski definition) is 1. The van der Waals surface area contributed by atoms with Crippen molar-refractivity contribution in [1.82, 2.24) is 10.3 Å². The van der Waals surface area contributed by atoms with E-state index in [2.05, 4.69) is 16.4 Å². The van der Waals surface area contributed by atoms with Crippen molar-refractivity contribution in [3.05, 3.63) is 63.9 Å². The summed E-state index contributed by atoms with van der Waals surface area (Å²) in [7, 11) is 0. The van der Waals surface area contributed by atoms with Crippen LogP contribution in [-0.4, -0.2) is 10.9 Å². The Morgan fingerprint density at radius 1 is 1.38 bits per heavy atom. The van der Waals surface area contributed by atoms with E-state index in [9.17, 15) is 4.79 Å². The quantitative estimate of drug-likeness (QED) is 0.944. The number of aromatic nitrogens is 1. The van der Waals surface area contributed by atoms with Crippen LogP contribution in [0.15, 0.2) is 36.5 Å². The number of rotatable bonds is 3. The fourth-order valence-electron chi connectivity index (χ4n) is 1.90. The summed E-state index contributed by atoms with van der Waals surface area (Å²) in [4.78, 5) is 16.3. The lowest BCUT2D eigenvalue weighted by molar-refractivity contribution is 0.0939. The van der Waals surface area contributed by atoms with Gasteiger partial charge in [0.2, 0.25) is 0 Å². The number of amides is 1. The molecule has 0 fully saturated rings. The number of nitrogens with zero attached hydrogens (tertiary/aromatic N) is 2. The van der Waals surface area contributed by atoms with Gasteiger partial charge in [-0.05, 0) is 37.6 Å². The summed E-state index contributed by atoms with van der Waals surface area (Å²) >= 11 is 6.06. The Bertz CT molecular complexity index is 704. The maximum Gasteiger partial charge on any atom is 0.254 e. The van der Waals surface area contributed by atoms with Gasteiger partial charge >= 0.3 is 0 Å². The average molecular weight is 300 g/mol. The fourth-order valence-corrected chi connectivity index (χ4v) is 2.19. The number of aryl methyl sites for hydroxylation is 1. The van der Waals surface area contributed by atoms with Crippen molar-refractivity contribution in [3.8, 4) is 6.07 Å². The van der Waals surface area contributed by atoms with Gasteiger partial charge in [0.15, 0.2) is 0 Å². The number of pyridine rings is 1. The molecule has 1 atom stereocenters. The molecule has 1 heterocycles. The number of nitriles is 1. The highest BCUT2D eigenvalue weighted by Crippen LogP contribution is 2.18. The van der Waals surface area contributed by atoms with Crippen molar-refractivity contribution < 1.29 is 4.79 Å². The second kappa shape index (κ2) is 6.38. The summed E-state index contributed by atoms with van der Waals surface area (Å²) in [5.41, 5.74) is 2.61. The minimum atomic E-state index is -0.274. The number of hydrogen-bond acceptors (Lipinski definition) is 3. The lowest BCUT2D eigenvalue weighted by atomic mass is 10.1. The third-order valence-electron chi connectivity index (χ3n) is 3.12. The summed E-state index contributed by atoms with van der Waals surface area (Å²) in [6.45, 7) is 3.68. The van der Waals surface area contributed by atoms with Gasteiger partial charge in [0.05, 0.1) is 28.3 Å². The van der Waals surface area contributed by atoms with E-state index >= 15 is 0 Å². The fraction of sp³-hybridized carbons (Fsp3) is 0.188. The molecule has 2 aromatic rings. The minimum Gasteiger partial charge on any atom is -0.345 e. The molecule has 1 N–H and O–H groups in total. The first-order valence-corrected chi connectivity index (χ1v) is 6.82. The predicted molar refractivity (Wildman–Crippen MR) is 81.0 cm³/mol. The first-order chi connectivity index (χ1) is 10.0. The van der Waals surface area contributed by atoms with Gasteiger partial charge in [-0.1, -0.05) is 23.7 Å². The highest BCUT2D eigenvalue weighted by atomic mass is 35.5. The van der Waals surface area contributed by atoms with Gasteiger partial charge in [-0.3, -0.25) is 9.78 Å². The van der Waals surface area contributed by atoms with Crippen LogP contribution in [0.4, 0.5) is 0 Å². The van der Waals surface area contributed by atoms with Gasteiger partial charge in [0, 0.05) is 11.9 Å². The van der Waals surface area contributed by atoms with Gasteiger partial charge in [0.25, 0.3) is 5.91 Å². The molecule has 4 nitrogen and oxygen atoms in total. The normalized spacial score (nSPS) is 11.5. The van der Waals surface area contributed by atoms with Crippen LogP contribution >= 0.6 is 11.6 Å². The van der Waals surface area contributed by atoms with Crippen molar-refractivity contribution in [2.75, 3.05) is 0 Å². The van der Waals surface area contributed by atoms with Crippen molar-refractivity contribution in [2.24, 2.45) is 0 Å². The van der Waals surface area contributed by atoms with E-state index in [0.29, 0.717) is 16.1 Å². The second-order valence-electron chi connectivity index (χ2n) is 4.73. The van der Waals surface area contributed by atoms with E-state index in [1.807, 2.05) is 26.0 Å². The lowest BCUT2D eigenvalue weighted by Crippen LogP contribution is -2.27. The molecule has 0 saturated carbocycles. The molecular weight excluding hydrogens is 286 g/mol. The van der Waals surface area contributed by atoms with Crippen LogP contribution in [0.3, 0.4) is 0 Å². The molecule has 0 radical (unpaired) electrons. The van der Waals surface area contributed by atoms with Crippen LogP contribution in [0.2, 0.25) is 5.02 Å². The van der Waals surface area contributed by atoms with Crippen LogP contribution in [0.25, 0.3) is 0 Å². The number of carbonyl (C=O) groups excluding carboxylic acids is 1. The van der Waals surface area contributed by atoms with Gasteiger partial charge in [-0.25, -0.2) is 0 Å². The zero-order chi connectivity index (χ0) is 15.4. The van der Waals surface area contributed by atoms with Crippen molar-refractivity contribution in [3.63, 3.8) is 0 Å². The first kappa shape index (κ1) is 15.0. The van der Waals surface area contributed by atoms with Crippen LogP contribution < -0.4 is 5.32 Å². The maximum absolute atomic E-state index is 12.2. The maximum atomic E-state index is 12.2. The summed E-state index contributed by atoms with van der Waals surface area (Å²) < 4.78 is 0. The summed E-state index contributed by atoms with van der Waals surface area (Å²) in [5, 5.41) is 12.0. The van der Waals surface area contributed by atoms with Crippen molar-refractivity contribution >= 4 is 17.5 Å². The zero-order valence-electron chi connectivity index (χ0n) is 11.7. The molecule has 1 amide bonds. The first-order valence-electron chi connectivity index (χ1n) is 6.44. The van der Waals surface area contributed by atoms with Crippen molar-refractivity contribution in [1.29, 1.82) is 5.26 Å². The Kier molecular flexibility index (Phi) is 4.56. The number of carbonyl (C=O) groups is 1. The molecule has 2 rings (SSSR count). The highest BCUT2D eigenvalue weighted by Gasteiger charge is 2.14. The van der Waals surface area contributed by atoms with Crippen LogP contribution in [0.1, 0.15) is 40.1 Å². The Morgan fingerprint density at radius 2 is 2.05 bits per heavy atom. The standard InChI is InChI=1S/C16H14ClN3O/c1-10-7-15(17)14(9-19-10)16(21)20-11(2)13-5-3-12(8-18)4-6-13/h3-7,9,11H,1-2H3,(H,20,21). The molecular formula is C16H14ClN3O. The Hall–Kier alpha value is -2.38. The van der Waals surface area contributed by atoms with Gasteiger partial charge in [-0.15, -0.1) is 0 Å². The largest absolute Gasteiger partial charge is 0.345 e. The summed E-state index contributed by atoms with van der Waals surface area (Å²) in [5.74, 6) is -0.274. The van der Waals surface area contributed by atoms with E-state index in [0.717, 1.165) is 11.3 Å². The molecule has 0 spiro atoms. The molecule has 21 heavy (non-hydrogen) atoms. The SMILES string of the molecule is Cc1cc(Cl)c(C(=O)NC(C)c2ccc(C#N)cc2)cn1. The molecule has 0 aliphatic carbocycles. The topological polar surface area (TPSA) is 65.8 Å². The Balaban J connectivity index is 2.13. The predicted octanol–water partition coefficient (Wildman–Crippen LogP) is 3.41. The monoisotopic (exact) mass is 299 g/mol. The molecule has 1 unspecified atom stereocenters.